The van der Waals surface area contributed by atoms with Crippen LogP contribution in [0.5, 0.6) is 0 Å². The van der Waals surface area contributed by atoms with Gasteiger partial charge in [-0.15, -0.1) is 0 Å². The lowest BCUT2D eigenvalue weighted by atomic mass is 10.1. The van der Waals surface area contributed by atoms with Gasteiger partial charge in [0.1, 0.15) is 21.9 Å². The second kappa shape index (κ2) is 9.03. The Hall–Kier alpha value is -0.100. The Labute approximate surface area is 138 Å². The van der Waals surface area contributed by atoms with E-state index < -0.39 is 8.65 Å². The van der Waals surface area contributed by atoms with Crippen molar-refractivity contribution in [1.82, 2.24) is 0 Å². The summed E-state index contributed by atoms with van der Waals surface area (Å²) in [5, 5.41) is 0. The van der Waals surface area contributed by atoms with E-state index in [2.05, 4.69) is 31.9 Å². The maximum atomic E-state index is 11.8. The molecular formula is C14H24Br2O4. The van der Waals surface area contributed by atoms with E-state index in [4.69, 9.17) is 9.47 Å². The van der Waals surface area contributed by atoms with Crippen LogP contribution in [0.4, 0.5) is 0 Å². The van der Waals surface area contributed by atoms with E-state index >= 15 is 0 Å². The molecule has 0 saturated carbocycles. The van der Waals surface area contributed by atoms with Crippen molar-refractivity contribution in [2.45, 2.75) is 62.0 Å². The van der Waals surface area contributed by atoms with Crippen LogP contribution in [0.15, 0.2) is 0 Å². The Balaban J connectivity index is 4.03. The minimum absolute atomic E-state index is 0.0741. The number of alkyl halides is 2. The van der Waals surface area contributed by atoms with E-state index in [0.717, 1.165) is 12.8 Å². The molecule has 0 rings (SSSR count). The molecule has 0 aromatic rings. The van der Waals surface area contributed by atoms with Gasteiger partial charge in [0.05, 0.1) is 0 Å². The first-order valence-electron chi connectivity index (χ1n) is 6.89. The van der Waals surface area contributed by atoms with Gasteiger partial charge in [0.15, 0.2) is 0 Å². The lowest BCUT2D eigenvalue weighted by molar-refractivity contribution is -0.154. The lowest BCUT2D eigenvalue weighted by Crippen LogP contribution is -2.33. The molecule has 20 heavy (non-hydrogen) atoms. The third kappa shape index (κ3) is 7.07. The first kappa shape index (κ1) is 19.9. The second-order valence-corrected chi connectivity index (χ2v) is 8.67. The van der Waals surface area contributed by atoms with Crippen LogP contribution in [-0.4, -0.2) is 33.8 Å². The fourth-order valence-electron chi connectivity index (χ4n) is 1.71. The third-order valence-corrected chi connectivity index (χ3v) is 4.28. The monoisotopic (exact) mass is 414 g/mol. The number of esters is 2. The topological polar surface area (TPSA) is 52.6 Å². The molecule has 0 heterocycles. The smallest absolute Gasteiger partial charge is 0.322 e. The minimum atomic E-state index is -0.669. The number of carbonyl (C=O) groups is 2. The molecule has 0 spiro atoms. The van der Waals surface area contributed by atoms with E-state index in [9.17, 15) is 9.59 Å². The number of rotatable bonds is 9. The summed E-state index contributed by atoms with van der Waals surface area (Å²) in [4.78, 5) is 23.6. The summed E-state index contributed by atoms with van der Waals surface area (Å²) in [7, 11) is 0. The van der Waals surface area contributed by atoms with Crippen molar-refractivity contribution >= 4 is 43.8 Å². The van der Waals surface area contributed by atoms with Gasteiger partial charge in [0.25, 0.3) is 0 Å². The van der Waals surface area contributed by atoms with Gasteiger partial charge >= 0.3 is 11.9 Å². The zero-order valence-corrected chi connectivity index (χ0v) is 15.8. The Morgan fingerprint density at radius 3 is 1.40 bits per heavy atom. The van der Waals surface area contributed by atoms with Crippen molar-refractivity contribution < 1.29 is 19.1 Å². The number of ether oxygens (including phenoxy) is 2. The normalized spacial score (nSPS) is 16.9. The highest BCUT2D eigenvalue weighted by atomic mass is 79.9. The fraction of sp³-hybridized carbons (Fsp3) is 0.857. The second-order valence-electron chi connectivity index (χ2n) is 5.17. The van der Waals surface area contributed by atoms with Gasteiger partial charge < -0.3 is 9.47 Å². The van der Waals surface area contributed by atoms with Crippen LogP contribution < -0.4 is 0 Å². The lowest BCUT2D eigenvalue weighted by Gasteiger charge is -2.21. The largest absolute Gasteiger partial charge is 0.461 e. The van der Waals surface area contributed by atoms with Gasteiger partial charge in [-0.25, -0.2) is 0 Å². The molecule has 0 aromatic carbocycles. The number of halogens is 2. The standard InChI is InChI=1S/C14H24Br2O4/c1-5-7-13(3,15)11(17)19-9-10-20-12(18)14(4,16)8-6-2/h5-10H2,1-4H3. The van der Waals surface area contributed by atoms with Crippen molar-refractivity contribution in [2.75, 3.05) is 13.2 Å². The molecule has 0 aliphatic heterocycles. The average molecular weight is 416 g/mol. The summed E-state index contributed by atoms with van der Waals surface area (Å²) in [5.41, 5.74) is 0. The van der Waals surface area contributed by atoms with Crippen molar-refractivity contribution in [3.63, 3.8) is 0 Å². The average Bonchev–Trinajstić information content (AvgIpc) is 2.33. The van der Waals surface area contributed by atoms with Crippen LogP contribution >= 0.6 is 31.9 Å². The first-order chi connectivity index (χ1) is 9.17. The van der Waals surface area contributed by atoms with Crippen molar-refractivity contribution in [2.24, 2.45) is 0 Å². The van der Waals surface area contributed by atoms with Crippen molar-refractivity contribution in [3.05, 3.63) is 0 Å². The molecule has 118 valence electrons. The molecule has 0 saturated heterocycles. The minimum Gasteiger partial charge on any atom is -0.461 e. The van der Waals surface area contributed by atoms with Gasteiger partial charge in [-0.2, -0.15) is 0 Å². The highest BCUT2D eigenvalue weighted by Crippen LogP contribution is 2.26. The molecule has 6 heteroatoms. The van der Waals surface area contributed by atoms with E-state index in [1.807, 2.05) is 13.8 Å². The Morgan fingerprint density at radius 1 is 0.850 bits per heavy atom. The quantitative estimate of drug-likeness (QED) is 0.324. The number of hydrogen-bond donors (Lipinski definition) is 0. The maximum absolute atomic E-state index is 11.8. The molecule has 0 aliphatic rings. The Morgan fingerprint density at radius 2 is 1.15 bits per heavy atom. The zero-order valence-electron chi connectivity index (χ0n) is 12.6. The highest BCUT2D eigenvalue weighted by Gasteiger charge is 2.32. The molecule has 0 aliphatic carbocycles. The third-order valence-electron chi connectivity index (χ3n) is 2.84. The van der Waals surface area contributed by atoms with E-state index in [1.165, 1.54) is 0 Å². The van der Waals surface area contributed by atoms with Crippen molar-refractivity contribution in [1.29, 1.82) is 0 Å². The highest BCUT2D eigenvalue weighted by molar-refractivity contribution is 9.10. The molecular weight excluding hydrogens is 392 g/mol. The van der Waals surface area contributed by atoms with E-state index in [1.54, 1.807) is 13.8 Å². The zero-order chi connectivity index (χ0) is 15.8. The molecule has 0 aromatic heterocycles. The summed E-state index contributed by atoms with van der Waals surface area (Å²) in [6.45, 7) is 7.71. The molecule has 0 amide bonds. The van der Waals surface area contributed by atoms with Crippen LogP contribution in [0.3, 0.4) is 0 Å². The SMILES string of the molecule is CCCC(C)(Br)C(=O)OCCOC(=O)C(C)(Br)CCC. The van der Waals surface area contributed by atoms with Crippen LogP contribution in [0.1, 0.15) is 53.4 Å². The van der Waals surface area contributed by atoms with Crippen LogP contribution in [-0.2, 0) is 19.1 Å². The van der Waals surface area contributed by atoms with Gasteiger partial charge in [0, 0.05) is 0 Å². The summed E-state index contributed by atoms with van der Waals surface area (Å²) >= 11 is 6.70. The number of hydrogen-bond acceptors (Lipinski definition) is 4. The molecule has 0 fully saturated rings. The number of carbonyl (C=O) groups excluding carboxylic acids is 2. The van der Waals surface area contributed by atoms with Gasteiger partial charge in [-0.05, 0) is 26.7 Å². The Bertz CT molecular complexity index is 295. The summed E-state index contributed by atoms with van der Waals surface area (Å²) in [6.07, 6.45) is 3.15. The van der Waals surface area contributed by atoms with E-state index in [-0.39, 0.29) is 25.2 Å². The predicted octanol–water partition coefficient (Wildman–Crippen LogP) is 3.98. The van der Waals surface area contributed by atoms with Gasteiger partial charge in [0.2, 0.25) is 0 Å². The molecule has 0 N–H and O–H groups in total. The van der Waals surface area contributed by atoms with Crippen molar-refractivity contribution in [3.8, 4) is 0 Å². The van der Waals surface area contributed by atoms with Crippen LogP contribution in [0.25, 0.3) is 0 Å². The van der Waals surface area contributed by atoms with Gasteiger partial charge in [-0.3, -0.25) is 9.59 Å². The molecule has 0 radical (unpaired) electrons. The molecule has 0 bridgehead atoms. The molecule has 2 unspecified atom stereocenters. The van der Waals surface area contributed by atoms with Crippen LogP contribution in [0, 0.1) is 0 Å². The molecule has 2 atom stereocenters. The van der Waals surface area contributed by atoms with Crippen LogP contribution in [0.2, 0.25) is 0 Å². The summed E-state index contributed by atoms with van der Waals surface area (Å²) < 4.78 is 8.87. The Kier molecular flexibility index (Phi) is 8.98. The van der Waals surface area contributed by atoms with Gasteiger partial charge in [-0.1, -0.05) is 58.5 Å². The predicted molar refractivity (Wildman–Crippen MR) is 86.4 cm³/mol. The molecule has 4 nitrogen and oxygen atoms in total. The fourth-order valence-corrected chi connectivity index (χ4v) is 2.73. The summed E-state index contributed by atoms with van der Waals surface area (Å²) in [6, 6.07) is 0. The first-order valence-corrected chi connectivity index (χ1v) is 8.48. The maximum Gasteiger partial charge on any atom is 0.322 e. The summed E-state index contributed by atoms with van der Waals surface area (Å²) in [5.74, 6) is -0.656. The van der Waals surface area contributed by atoms with E-state index in [0.29, 0.717) is 12.8 Å².